The molecule has 0 aliphatic rings. The summed E-state index contributed by atoms with van der Waals surface area (Å²) in [7, 11) is 0. The van der Waals surface area contributed by atoms with Crippen LogP contribution in [0.5, 0.6) is 0 Å². The summed E-state index contributed by atoms with van der Waals surface area (Å²) in [6, 6.07) is 11.0. The summed E-state index contributed by atoms with van der Waals surface area (Å²) in [5.74, 6) is 0. The van der Waals surface area contributed by atoms with Crippen molar-refractivity contribution in [3.8, 4) is 6.07 Å². The molecule has 1 aromatic heterocycles. The zero-order valence-corrected chi connectivity index (χ0v) is 9.81. The van der Waals surface area contributed by atoms with E-state index in [1.165, 1.54) is 22.9 Å². The third kappa shape index (κ3) is 2.84. The molecule has 1 aromatic carbocycles. The molecule has 0 fully saturated rings. The van der Waals surface area contributed by atoms with Gasteiger partial charge < -0.3 is 4.57 Å². The third-order valence-corrected chi connectivity index (χ3v) is 2.61. The minimum Gasteiger partial charge on any atom is -0.304 e. The lowest BCUT2D eigenvalue weighted by atomic mass is 10.1. The van der Waals surface area contributed by atoms with Gasteiger partial charge in [0.15, 0.2) is 0 Å². The van der Waals surface area contributed by atoms with Crippen molar-refractivity contribution in [2.75, 3.05) is 0 Å². The van der Waals surface area contributed by atoms with E-state index in [0.29, 0.717) is 5.56 Å². The van der Waals surface area contributed by atoms with Crippen molar-refractivity contribution in [2.24, 2.45) is 0 Å². The number of hydrogen-bond acceptors (Lipinski definition) is 4. The SMILES string of the molecule is N#Cc1ccc(Cn2cc([N+](=O)[O-])ccc2=O)cc1. The van der Waals surface area contributed by atoms with Gasteiger partial charge in [0, 0.05) is 12.1 Å². The summed E-state index contributed by atoms with van der Waals surface area (Å²) in [5.41, 5.74) is 0.875. The maximum Gasteiger partial charge on any atom is 0.285 e. The van der Waals surface area contributed by atoms with E-state index >= 15 is 0 Å². The van der Waals surface area contributed by atoms with Crippen LogP contribution in [0.4, 0.5) is 5.69 Å². The van der Waals surface area contributed by atoms with Crippen molar-refractivity contribution in [1.29, 1.82) is 5.26 Å². The van der Waals surface area contributed by atoms with Gasteiger partial charge in [0.2, 0.25) is 0 Å². The molecule has 0 N–H and O–H groups in total. The van der Waals surface area contributed by atoms with Crippen LogP contribution in [0.15, 0.2) is 47.4 Å². The van der Waals surface area contributed by atoms with E-state index < -0.39 is 4.92 Å². The number of rotatable bonds is 3. The molecule has 19 heavy (non-hydrogen) atoms. The molecule has 0 aliphatic carbocycles. The van der Waals surface area contributed by atoms with E-state index in [1.54, 1.807) is 24.3 Å². The highest BCUT2D eigenvalue weighted by molar-refractivity contribution is 5.32. The number of aromatic nitrogens is 1. The first-order chi connectivity index (χ1) is 9.10. The topological polar surface area (TPSA) is 88.9 Å². The number of nitriles is 1. The second-order valence-corrected chi connectivity index (χ2v) is 3.92. The lowest BCUT2D eigenvalue weighted by molar-refractivity contribution is -0.385. The molecule has 0 radical (unpaired) electrons. The average Bonchev–Trinajstić information content (AvgIpc) is 2.42. The number of nitrogens with zero attached hydrogens (tertiary/aromatic N) is 3. The smallest absolute Gasteiger partial charge is 0.285 e. The fourth-order valence-corrected chi connectivity index (χ4v) is 1.63. The van der Waals surface area contributed by atoms with Crippen LogP contribution in [0.25, 0.3) is 0 Å². The summed E-state index contributed by atoms with van der Waals surface area (Å²) in [6.45, 7) is 0.228. The Morgan fingerprint density at radius 1 is 1.21 bits per heavy atom. The molecule has 0 spiro atoms. The van der Waals surface area contributed by atoms with Crippen LogP contribution < -0.4 is 5.56 Å². The van der Waals surface area contributed by atoms with Crippen molar-refractivity contribution in [1.82, 2.24) is 4.57 Å². The van der Waals surface area contributed by atoms with Gasteiger partial charge in [0.1, 0.15) is 0 Å². The van der Waals surface area contributed by atoms with E-state index in [-0.39, 0.29) is 17.8 Å². The van der Waals surface area contributed by atoms with Gasteiger partial charge in [-0.15, -0.1) is 0 Å². The first-order valence-corrected chi connectivity index (χ1v) is 5.44. The molecule has 0 saturated heterocycles. The molecule has 0 unspecified atom stereocenters. The summed E-state index contributed by atoms with van der Waals surface area (Å²) >= 11 is 0. The van der Waals surface area contributed by atoms with Crippen molar-refractivity contribution < 1.29 is 4.92 Å². The molecular weight excluding hydrogens is 246 g/mol. The number of benzene rings is 1. The van der Waals surface area contributed by atoms with Crippen LogP contribution in [0.1, 0.15) is 11.1 Å². The fourth-order valence-electron chi connectivity index (χ4n) is 1.63. The fraction of sp³-hybridized carbons (Fsp3) is 0.0769. The van der Waals surface area contributed by atoms with Crippen LogP contribution >= 0.6 is 0 Å². The van der Waals surface area contributed by atoms with Gasteiger partial charge in [-0.3, -0.25) is 14.9 Å². The number of hydrogen-bond donors (Lipinski definition) is 0. The second-order valence-electron chi connectivity index (χ2n) is 3.92. The van der Waals surface area contributed by atoms with Gasteiger partial charge in [-0.1, -0.05) is 12.1 Å². The van der Waals surface area contributed by atoms with Crippen molar-refractivity contribution in [2.45, 2.75) is 6.54 Å². The third-order valence-electron chi connectivity index (χ3n) is 2.61. The average molecular weight is 255 g/mol. The second kappa shape index (κ2) is 5.14. The summed E-state index contributed by atoms with van der Waals surface area (Å²) in [5, 5.41) is 19.3. The highest BCUT2D eigenvalue weighted by Crippen LogP contribution is 2.09. The largest absolute Gasteiger partial charge is 0.304 e. The van der Waals surface area contributed by atoms with Crippen molar-refractivity contribution in [3.63, 3.8) is 0 Å². The molecule has 2 aromatic rings. The molecule has 0 amide bonds. The van der Waals surface area contributed by atoms with Gasteiger partial charge in [-0.05, 0) is 17.7 Å². The highest BCUT2D eigenvalue weighted by Gasteiger charge is 2.07. The molecule has 2 rings (SSSR count). The Hall–Kier alpha value is -2.94. The molecule has 6 heteroatoms. The minimum absolute atomic E-state index is 0.131. The summed E-state index contributed by atoms with van der Waals surface area (Å²) in [4.78, 5) is 21.7. The molecule has 0 aliphatic heterocycles. The maximum absolute atomic E-state index is 11.6. The van der Waals surface area contributed by atoms with Gasteiger partial charge >= 0.3 is 0 Å². The zero-order chi connectivity index (χ0) is 13.8. The Bertz CT molecular complexity index is 711. The van der Waals surface area contributed by atoms with Crippen LogP contribution in [0, 0.1) is 21.4 Å². The standard InChI is InChI=1S/C13H9N3O3/c14-7-10-1-3-11(4-2-10)8-15-9-12(16(18)19)5-6-13(15)17/h1-6,9H,8H2. The monoisotopic (exact) mass is 255 g/mol. The molecule has 0 atom stereocenters. The van der Waals surface area contributed by atoms with Gasteiger partial charge in [-0.2, -0.15) is 5.26 Å². The molecular formula is C13H9N3O3. The predicted octanol–water partition coefficient (Wildman–Crippen LogP) is 1.68. The summed E-state index contributed by atoms with van der Waals surface area (Å²) in [6.07, 6.45) is 1.21. The van der Waals surface area contributed by atoms with Crippen LogP contribution in [0.3, 0.4) is 0 Å². The highest BCUT2D eigenvalue weighted by atomic mass is 16.6. The minimum atomic E-state index is -0.547. The van der Waals surface area contributed by atoms with Crippen molar-refractivity contribution in [3.05, 3.63) is 74.2 Å². The molecule has 1 heterocycles. The van der Waals surface area contributed by atoms with Gasteiger partial charge in [0.25, 0.3) is 11.2 Å². The van der Waals surface area contributed by atoms with Crippen LogP contribution in [-0.2, 0) is 6.54 Å². The normalized spacial score (nSPS) is 9.84. The summed E-state index contributed by atoms with van der Waals surface area (Å²) < 4.78 is 1.26. The molecule has 94 valence electrons. The van der Waals surface area contributed by atoms with E-state index in [4.69, 9.17) is 5.26 Å². The lowest BCUT2D eigenvalue weighted by Gasteiger charge is -2.05. The molecule has 0 bridgehead atoms. The van der Waals surface area contributed by atoms with E-state index in [1.807, 2.05) is 6.07 Å². The Morgan fingerprint density at radius 3 is 2.47 bits per heavy atom. The van der Waals surface area contributed by atoms with E-state index in [9.17, 15) is 14.9 Å². The van der Waals surface area contributed by atoms with Gasteiger partial charge in [0.05, 0.1) is 29.3 Å². The Kier molecular flexibility index (Phi) is 3.39. The number of nitro groups is 1. The number of pyridine rings is 1. The molecule has 6 nitrogen and oxygen atoms in total. The first kappa shape index (κ1) is 12.5. The predicted molar refractivity (Wildman–Crippen MR) is 67.6 cm³/mol. The van der Waals surface area contributed by atoms with Gasteiger partial charge in [-0.25, -0.2) is 0 Å². The van der Waals surface area contributed by atoms with Crippen LogP contribution in [0.2, 0.25) is 0 Å². The molecule has 0 saturated carbocycles. The first-order valence-electron chi connectivity index (χ1n) is 5.44. The maximum atomic E-state index is 11.6. The van der Waals surface area contributed by atoms with Crippen molar-refractivity contribution >= 4 is 5.69 Å². The quantitative estimate of drug-likeness (QED) is 0.616. The van der Waals surface area contributed by atoms with E-state index in [0.717, 1.165) is 5.56 Å². The van der Waals surface area contributed by atoms with Crippen LogP contribution in [-0.4, -0.2) is 9.49 Å². The Labute approximate surface area is 108 Å². The Morgan fingerprint density at radius 2 is 1.89 bits per heavy atom. The Balaban J connectivity index is 2.32. The zero-order valence-electron chi connectivity index (χ0n) is 9.81. The van der Waals surface area contributed by atoms with E-state index in [2.05, 4.69) is 0 Å². The lowest BCUT2D eigenvalue weighted by Crippen LogP contribution is -2.19.